The lowest BCUT2D eigenvalue weighted by Gasteiger charge is -2.33. The molecule has 172 valence electrons. The quantitative estimate of drug-likeness (QED) is 0.619. The van der Waals surface area contributed by atoms with Gasteiger partial charge in [0.25, 0.3) is 5.91 Å². The van der Waals surface area contributed by atoms with E-state index in [0.29, 0.717) is 30.3 Å². The normalized spacial score (nSPS) is 16.4. The highest BCUT2D eigenvalue weighted by atomic mass is 16.6. The Bertz CT molecular complexity index is 1120. The van der Waals surface area contributed by atoms with E-state index >= 15 is 0 Å². The predicted molar refractivity (Wildman–Crippen MR) is 124 cm³/mol. The number of piperidine rings is 1. The summed E-state index contributed by atoms with van der Waals surface area (Å²) in [5.74, 6) is 2.71. The maximum Gasteiger partial charge on any atom is 0.260 e. The van der Waals surface area contributed by atoms with Crippen LogP contribution in [0.5, 0.6) is 17.2 Å². The van der Waals surface area contributed by atoms with E-state index in [4.69, 9.17) is 14.2 Å². The first-order valence-electron chi connectivity index (χ1n) is 11.3. The molecule has 0 bridgehead atoms. The van der Waals surface area contributed by atoms with Gasteiger partial charge in [0.2, 0.25) is 0 Å². The number of nitrogens with zero attached hydrogens (tertiary/aromatic N) is 3. The minimum absolute atomic E-state index is 0.203. The topological polar surface area (TPSA) is 77.9 Å². The fourth-order valence-corrected chi connectivity index (χ4v) is 4.49. The first kappa shape index (κ1) is 21.3. The van der Waals surface area contributed by atoms with Crippen LogP contribution in [-0.2, 0) is 6.54 Å². The summed E-state index contributed by atoms with van der Waals surface area (Å²) in [6.45, 7) is 3.99. The highest BCUT2D eigenvalue weighted by Gasteiger charge is 2.24. The third kappa shape index (κ3) is 4.66. The Labute approximate surface area is 193 Å². The molecular formula is C25H28N4O4. The minimum Gasteiger partial charge on any atom is -0.496 e. The summed E-state index contributed by atoms with van der Waals surface area (Å²) in [7, 11) is 1.56. The van der Waals surface area contributed by atoms with Crippen molar-refractivity contribution in [1.82, 2.24) is 14.7 Å². The number of aromatic nitrogens is 2. The van der Waals surface area contributed by atoms with Crippen LogP contribution in [0.3, 0.4) is 0 Å². The Morgan fingerprint density at radius 2 is 1.88 bits per heavy atom. The van der Waals surface area contributed by atoms with Gasteiger partial charge in [-0.2, -0.15) is 5.10 Å². The van der Waals surface area contributed by atoms with E-state index in [1.165, 1.54) is 5.56 Å². The van der Waals surface area contributed by atoms with Gasteiger partial charge in [0.1, 0.15) is 24.8 Å². The lowest BCUT2D eigenvalue weighted by Crippen LogP contribution is -2.35. The molecule has 8 heteroatoms. The summed E-state index contributed by atoms with van der Waals surface area (Å²) in [6, 6.07) is 15.5. The maximum absolute atomic E-state index is 12.8. The number of anilines is 1. The molecule has 0 atom stereocenters. The Morgan fingerprint density at radius 1 is 1.09 bits per heavy atom. The number of fused-ring (bicyclic) bond motifs is 1. The Morgan fingerprint density at radius 3 is 2.70 bits per heavy atom. The van der Waals surface area contributed by atoms with E-state index in [1.807, 2.05) is 28.9 Å². The second-order valence-electron chi connectivity index (χ2n) is 8.30. The number of hydrogen-bond donors (Lipinski definition) is 1. The number of nitrogens with one attached hydrogen (secondary N) is 1. The molecule has 2 aliphatic rings. The molecule has 0 aliphatic carbocycles. The van der Waals surface area contributed by atoms with Crippen LogP contribution >= 0.6 is 0 Å². The average Bonchev–Trinajstić information content (AvgIpc) is 3.32. The van der Waals surface area contributed by atoms with Crippen molar-refractivity contribution in [2.75, 3.05) is 38.7 Å². The molecule has 33 heavy (non-hydrogen) atoms. The van der Waals surface area contributed by atoms with E-state index in [0.717, 1.165) is 44.0 Å². The molecule has 0 radical (unpaired) electrons. The average molecular weight is 449 g/mol. The van der Waals surface area contributed by atoms with Gasteiger partial charge in [0.05, 0.1) is 24.9 Å². The first-order valence-corrected chi connectivity index (χ1v) is 11.3. The minimum atomic E-state index is -0.203. The van der Waals surface area contributed by atoms with Gasteiger partial charge in [0.15, 0.2) is 11.5 Å². The first-order chi connectivity index (χ1) is 16.2. The highest BCUT2D eigenvalue weighted by molar-refractivity contribution is 6.05. The second kappa shape index (κ2) is 9.54. The van der Waals surface area contributed by atoms with Crippen molar-refractivity contribution >= 4 is 11.7 Å². The Kier molecular flexibility index (Phi) is 6.17. The molecule has 0 unspecified atom stereocenters. The molecule has 1 saturated heterocycles. The van der Waals surface area contributed by atoms with Crippen LogP contribution in [0.25, 0.3) is 0 Å². The summed E-state index contributed by atoms with van der Waals surface area (Å²) in [5.41, 5.74) is 1.73. The molecule has 0 spiro atoms. The van der Waals surface area contributed by atoms with Gasteiger partial charge < -0.3 is 19.5 Å². The van der Waals surface area contributed by atoms with Gasteiger partial charge in [-0.1, -0.05) is 18.2 Å². The monoisotopic (exact) mass is 448 g/mol. The number of rotatable bonds is 6. The number of methoxy groups -OCH3 is 1. The number of carbonyl (C=O) groups excluding carboxylic acids is 1. The van der Waals surface area contributed by atoms with Crippen LogP contribution in [0, 0.1) is 0 Å². The van der Waals surface area contributed by atoms with Crippen molar-refractivity contribution in [3.05, 3.63) is 65.9 Å². The van der Waals surface area contributed by atoms with Gasteiger partial charge in [-0.3, -0.25) is 9.69 Å². The van der Waals surface area contributed by atoms with E-state index in [1.54, 1.807) is 25.4 Å². The number of carbonyl (C=O) groups is 1. The molecule has 1 aromatic heterocycles. The van der Waals surface area contributed by atoms with E-state index in [9.17, 15) is 4.79 Å². The van der Waals surface area contributed by atoms with Gasteiger partial charge in [-0.05, 0) is 42.7 Å². The zero-order valence-corrected chi connectivity index (χ0v) is 18.7. The second-order valence-corrected chi connectivity index (χ2v) is 8.30. The molecule has 3 aromatic rings. The Hall–Kier alpha value is -3.52. The van der Waals surface area contributed by atoms with Gasteiger partial charge >= 0.3 is 0 Å². The van der Waals surface area contributed by atoms with Gasteiger partial charge in [-0.25, -0.2) is 4.68 Å². The molecule has 0 saturated carbocycles. The molecule has 1 N–H and O–H groups in total. The number of para-hydroxylation sites is 1. The highest BCUT2D eigenvalue weighted by Crippen LogP contribution is 2.32. The van der Waals surface area contributed by atoms with Crippen molar-refractivity contribution in [3.63, 3.8) is 0 Å². The number of hydrogen-bond acceptors (Lipinski definition) is 6. The van der Waals surface area contributed by atoms with Crippen LogP contribution in [0.2, 0.25) is 0 Å². The lowest BCUT2D eigenvalue weighted by atomic mass is 10.0. The molecule has 5 rings (SSSR count). The van der Waals surface area contributed by atoms with E-state index < -0.39 is 0 Å². The van der Waals surface area contributed by atoms with Crippen LogP contribution in [0.15, 0.2) is 54.7 Å². The molecule has 1 amide bonds. The van der Waals surface area contributed by atoms with E-state index in [-0.39, 0.29) is 11.9 Å². The number of likely N-dealkylation sites (tertiary alicyclic amines) is 1. The van der Waals surface area contributed by atoms with Crippen molar-refractivity contribution < 1.29 is 19.0 Å². The zero-order chi connectivity index (χ0) is 22.6. The fourth-order valence-electron chi connectivity index (χ4n) is 4.49. The largest absolute Gasteiger partial charge is 0.496 e. The lowest BCUT2D eigenvalue weighted by molar-refractivity contribution is 0.102. The van der Waals surface area contributed by atoms with E-state index in [2.05, 4.69) is 27.4 Å². The van der Waals surface area contributed by atoms with Gasteiger partial charge in [-0.15, -0.1) is 0 Å². The van der Waals surface area contributed by atoms with Crippen molar-refractivity contribution in [1.29, 1.82) is 0 Å². The standard InChI is InChI=1S/C25H28N4O4/c1-31-21-5-3-2-4-20(21)25(30)27-24-8-11-26-29(24)19-9-12-28(13-10-19)17-18-6-7-22-23(16-18)33-15-14-32-22/h2-8,11,16,19H,9-10,12-15,17H2,1H3,(H,27,30). The number of amides is 1. The molecule has 2 aliphatic heterocycles. The van der Waals surface area contributed by atoms with Crippen molar-refractivity contribution in [3.8, 4) is 17.2 Å². The summed E-state index contributed by atoms with van der Waals surface area (Å²) in [4.78, 5) is 15.3. The van der Waals surface area contributed by atoms with Crippen LogP contribution in [-0.4, -0.2) is 54.0 Å². The van der Waals surface area contributed by atoms with Crippen LogP contribution in [0.1, 0.15) is 34.8 Å². The van der Waals surface area contributed by atoms with Gasteiger partial charge in [0, 0.05) is 25.7 Å². The summed E-state index contributed by atoms with van der Waals surface area (Å²) in [5, 5.41) is 7.51. The zero-order valence-electron chi connectivity index (χ0n) is 18.7. The third-order valence-electron chi connectivity index (χ3n) is 6.18. The van der Waals surface area contributed by atoms with Crippen LogP contribution < -0.4 is 19.5 Å². The predicted octanol–water partition coefficient (Wildman–Crippen LogP) is 3.75. The molecule has 2 aromatic carbocycles. The smallest absolute Gasteiger partial charge is 0.260 e. The number of ether oxygens (including phenoxy) is 3. The Balaban J connectivity index is 1.20. The SMILES string of the molecule is COc1ccccc1C(=O)Nc1ccnn1C1CCN(Cc2ccc3c(c2)OCCO3)CC1. The summed E-state index contributed by atoms with van der Waals surface area (Å²) >= 11 is 0. The molecule has 1 fully saturated rings. The summed E-state index contributed by atoms with van der Waals surface area (Å²) < 4.78 is 18.6. The fraction of sp³-hybridized carbons (Fsp3) is 0.360. The third-order valence-corrected chi connectivity index (χ3v) is 6.18. The summed E-state index contributed by atoms with van der Waals surface area (Å²) in [6.07, 6.45) is 3.66. The molecule has 3 heterocycles. The molecular weight excluding hydrogens is 420 g/mol. The van der Waals surface area contributed by atoms with Crippen LogP contribution in [0.4, 0.5) is 5.82 Å². The van der Waals surface area contributed by atoms with Crippen molar-refractivity contribution in [2.24, 2.45) is 0 Å². The van der Waals surface area contributed by atoms with Crippen molar-refractivity contribution in [2.45, 2.75) is 25.4 Å². The number of benzene rings is 2. The molecule has 8 nitrogen and oxygen atoms in total. The maximum atomic E-state index is 12.8.